The van der Waals surface area contributed by atoms with Gasteiger partial charge >= 0.3 is 0 Å². The molecule has 35 heavy (non-hydrogen) atoms. The van der Waals surface area contributed by atoms with Crippen LogP contribution in [0.1, 0.15) is 27.8 Å². The Morgan fingerprint density at radius 2 is 1.66 bits per heavy atom. The maximum Gasteiger partial charge on any atom is 0.264 e. The van der Waals surface area contributed by atoms with Gasteiger partial charge in [-0.1, -0.05) is 42.5 Å². The van der Waals surface area contributed by atoms with E-state index in [1.165, 1.54) is 38.4 Å². The van der Waals surface area contributed by atoms with Crippen LogP contribution in [-0.2, 0) is 17.1 Å². The Balaban J connectivity index is 1.58. The Hall–Kier alpha value is -4.11. The molecular formula is C26H26N4O4S. The molecule has 1 atom stereocenters. The molecule has 0 bridgehead atoms. The number of aromatic nitrogens is 2. The van der Waals surface area contributed by atoms with Gasteiger partial charge in [-0.15, -0.1) is 0 Å². The monoisotopic (exact) mass is 490 g/mol. The fourth-order valence-electron chi connectivity index (χ4n) is 3.77. The number of amides is 1. The summed E-state index contributed by atoms with van der Waals surface area (Å²) < 4.78 is 34.7. The van der Waals surface area contributed by atoms with Crippen molar-refractivity contribution in [3.63, 3.8) is 0 Å². The highest BCUT2D eigenvalue weighted by molar-refractivity contribution is 7.92. The topological polar surface area (TPSA) is 93.5 Å². The number of nitrogens with zero attached hydrogens (tertiary/aromatic N) is 3. The zero-order chi connectivity index (χ0) is 25.0. The molecule has 0 saturated carbocycles. The summed E-state index contributed by atoms with van der Waals surface area (Å²) in [6.07, 6.45) is 3.49. The van der Waals surface area contributed by atoms with Gasteiger partial charge in [-0.05, 0) is 42.0 Å². The van der Waals surface area contributed by atoms with Crippen LogP contribution >= 0.6 is 0 Å². The second-order valence-electron chi connectivity index (χ2n) is 7.88. The summed E-state index contributed by atoms with van der Waals surface area (Å²) in [5.41, 5.74) is 1.63. The first-order valence-electron chi connectivity index (χ1n) is 10.9. The summed E-state index contributed by atoms with van der Waals surface area (Å²) in [7, 11) is 0.947. The molecule has 180 valence electrons. The maximum absolute atomic E-state index is 13.2. The van der Waals surface area contributed by atoms with Gasteiger partial charge in [0.25, 0.3) is 15.9 Å². The van der Waals surface area contributed by atoms with Crippen molar-refractivity contribution in [1.29, 1.82) is 0 Å². The number of imidazole rings is 1. The summed E-state index contributed by atoms with van der Waals surface area (Å²) in [5.74, 6) is 0.780. The van der Waals surface area contributed by atoms with E-state index in [9.17, 15) is 13.2 Å². The zero-order valence-corrected chi connectivity index (χ0v) is 20.4. The highest BCUT2D eigenvalue weighted by Gasteiger charge is 2.25. The number of carbonyl (C=O) groups excluding carboxylic acids is 1. The Morgan fingerprint density at radius 3 is 2.29 bits per heavy atom. The summed E-state index contributed by atoms with van der Waals surface area (Å²) in [6, 6.07) is 21.8. The lowest BCUT2D eigenvalue weighted by atomic mass is 10.1. The molecule has 4 rings (SSSR count). The van der Waals surface area contributed by atoms with Gasteiger partial charge < -0.3 is 14.6 Å². The average molecular weight is 491 g/mol. The van der Waals surface area contributed by atoms with Gasteiger partial charge in [-0.3, -0.25) is 9.10 Å². The quantitative estimate of drug-likeness (QED) is 0.406. The van der Waals surface area contributed by atoms with E-state index in [4.69, 9.17) is 4.74 Å². The number of para-hydroxylation sites is 2. The Morgan fingerprint density at radius 1 is 1.00 bits per heavy atom. The van der Waals surface area contributed by atoms with Crippen LogP contribution in [0, 0.1) is 0 Å². The SMILES string of the molecule is COc1ccccc1N(C)S(=O)(=O)c1ccc(C(=O)N[C@H](c2ccccc2)c2nccn2C)cc1. The standard InChI is InChI=1S/C26H26N4O4S/c1-29-18-17-27-25(29)24(19-9-5-4-6-10-19)28-26(31)20-13-15-21(16-14-20)35(32,33)30(2)22-11-7-8-12-23(22)34-3/h4-18,24H,1-3H3,(H,28,31)/t24-/m1/s1. The minimum absolute atomic E-state index is 0.0613. The van der Waals surface area contributed by atoms with Gasteiger partial charge in [0.2, 0.25) is 0 Å². The molecule has 3 aromatic carbocycles. The minimum atomic E-state index is -3.87. The van der Waals surface area contributed by atoms with E-state index >= 15 is 0 Å². The second-order valence-corrected chi connectivity index (χ2v) is 9.85. The third-order valence-electron chi connectivity index (χ3n) is 5.72. The van der Waals surface area contributed by atoms with Crippen molar-refractivity contribution in [1.82, 2.24) is 14.9 Å². The van der Waals surface area contributed by atoms with Crippen LogP contribution in [0.15, 0.2) is 96.2 Å². The number of sulfonamides is 1. The van der Waals surface area contributed by atoms with E-state index in [1.54, 1.807) is 30.5 Å². The Labute approximate surface area is 204 Å². The second kappa shape index (κ2) is 10.0. The number of anilines is 1. The molecule has 0 spiro atoms. The van der Waals surface area contributed by atoms with Crippen LogP contribution in [0.5, 0.6) is 5.75 Å². The molecule has 0 saturated heterocycles. The van der Waals surface area contributed by atoms with Gasteiger partial charge in [0, 0.05) is 32.1 Å². The first kappa shape index (κ1) is 24.0. The third-order valence-corrected chi connectivity index (χ3v) is 7.51. The highest BCUT2D eigenvalue weighted by atomic mass is 32.2. The largest absolute Gasteiger partial charge is 0.495 e. The van der Waals surface area contributed by atoms with Crippen molar-refractivity contribution in [2.24, 2.45) is 7.05 Å². The van der Waals surface area contributed by atoms with E-state index in [0.29, 0.717) is 22.8 Å². The fourth-order valence-corrected chi connectivity index (χ4v) is 4.97. The molecular weight excluding hydrogens is 464 g/mol. The van der Waals surface area contributed by atoms with Gasteiger partial charge in [0.1, 0.15) is 17.6 Å². The van der Waals surface area contributed by atoms with E-state index in [1.807, 2.05) is 48.1 Å². The molecule has 0 aliphatic heterocycles. The molecule has 1 heterocycles. The number of hydrogen-bond acceptors (Lipinski definition) is 5. The molecule has 0 radical (unpaired) electrons. The minimum Gasteiger partial charge on any atom is -0.495 e. The smallest absolute Gasteiger partial charge is 0.264 e. The third kappa shape index (κ3) is 4.90. The van der Waals surface area contributed by atoms with Crippen LogP contribution in [-0.4, -0.2) is 38.0 Å². The number of hydrogen-bond donors (Lipinski definition) is 1. The molecule has 1 N–H and O–H groups in total. The zero-order valence-electron chi connectivity index (χ0n) is 19.6. The molecule has 1 aromatic heterocycles. The number of aryl methyl sites for hydroxylation is 1. The van der Waals surface area contributed by atoms with Crippen molar-refractivity contribution in [3.8, 4) is 5.75 Å². The maximum atomic E-state index is 13.2. The number of methoxy groups -OCH3 is 1. The molecule has 8 nitrogen and oxygen atoms in total. The number of ether oxygens (including phenoxy) is 1. The molecule has 4 aromatic rings. The molecule has 0 aliphatic rings. The number of carbonyl (C=O) groups is 1. The molecule has 9 heteroatoms. The van der Waals surface area contributed by atoms with Gasteiger partial charge in [-0.25, -0.2) is 13.4 Å². The summed E-state index contributed by atoms with van der Waals surface area (Å²) in [6.45, 7) is 0. The lowest BCUT2D eigenvalue weighted by Gasteiger charge is -2.22. The van der Waals surface area contributed by atoms with E-state index in [0.717, 1.165) is 9.87 Å². The van der Waals surface area contributed by atoms with E-state index in [-0.39, 0.29) is 10.8 Å². The predicted octanol–water partition coefficient (Wildman–Crippen LogP) is 3.77. The molecule has 1 amide bonds. The van der Waals surface area contributed by atoms with Gasteiger partial charge in [0.15, 0.2) is 0 Å². The van der Waals surface area contributed by atoms with Crippen molar-refractivity contribution in [2.45, 2.75) is 10.9 Å². The summed E-state index contributed by atoms with van der Waals surface area (Å²) >= 11 is 0. The van der Waals surface area contributed by atoms with Crippen molar-refractivity contribution < 1.29 is 17.9 Å². The van der Waals surface area contributed by atoms with E-state index in [2.05, 4.69) is 10.3 Å². The number of rotatable bonds is 8. The summed E-state index contributed by atoms with van der Waals surface area (Å²) in [4.78, 5) is 17.6. The van der Waals surface area contributed by atoms with Crippen molar-refractivity contribution in [2.75, 3.05) is 18.5 Å². The highest BCUT2D eigenvalue weighted by Crippen LogP contribution is 2.31. The first-order valence-corrected chi connectivity index (χ1v) is 12.3. The van der Waals surface area contributed by atoms with Crippen LogP contribution in [0.3, 0.4) is 0 Å². The Bertz CT molecular complexity index is 1420. The van der Waals surface area contributed by atoms with Gasteiger partial charge in [0.05, 0.1) is 17.7 Å². The number of nitrogens with one attached hydrogen (secondary N) is 1. The first-order chi connectivity index (χ1) is 16.8. The van der Waals surface area contributed by atoms with Crippen molar-refractivity contribution >= 4 is 21.6 Å². The van der Waals surface area contributed by atoms with Crippen LogP contribution in [0.2, 0.25) is 0 Å². The van der Waals surface area contributed by atoms with Crippen LogP contribution < -0.4 is 14.4 Å². The normalized spacial score (nSPS) is 12.1. The Kier molecular flexibility index (Phi) is 6.88. The van der Waals surface area contributed by atoms with Gasteiger partial charge in [-0.2, -0.15) is 0 Å². The van der Waals surface area contributed by atoms with Crippen LogP contribution in [0.4, 0.5) is 5.69 Å². The predicted molar refractivity (Wildman–Crippen MR) is 134 cm³/mol. The van der Waals surface area contributed by atoms with Crippen LogP contribution in [0.25, 0.3) is 0 Å². The number of benzene rings is 3. The lowest BCUT2D eigenvalue weighted by molar-refractivity contribution is 0.0941. The fraction of sp³-hybridized carbons (Fsp3) is 0.154. The van der Waals surface area contributed by atoms with E-state index < -0.39 is 16.1 Å². The molecule has 0 aliphatic carbocycles. The average Bonchev–Trinajstić information content (AvgIpc) is 3.32. The van der Waals surface area contributed by atoms with Crippen molar-refractivity contribution in [3.05, 3.63) is 108 Å². The lowest BCUT2D eigenvalue weighted by Crippen LogP contribution is -2.31. The molecule has 0 fully saturated rings. The molecule has 0 unspecified atom stereocenters. The summed E-state index contributed by atoms with van der Waals surface area (Å²) in [5, 5.41) is 3.02.